The van der Waals surface area contributed by atoms with Crippen LogP contribution in [0.5, 0.6) is 11.8 Å². The number of rotatable bonds is 5. The number of amides is 1. The van der Waals surface area contributed by atoms with E-state index in [0.717, 1.165) is 15.9 Å². The average Bonchev–Trinajstić information content (AvgIpc) is 3.02. The Kier molecular flexibility index (Phi) is 5.36. The van der Waals surface area contributed by atoms with Crippen molar-refractivity contribution in [1.29, 1.82) is 0 Å². The standard InChI is InChI=1S/C12H14N4O8S2/c1-4-23-10-13-16(11(18)15(10)3)9(17)14-26(21,22)8-6(2)25-5-7(8)24-12(19)20/h5H,4H2,1-3H3,(H,14,17)(H,19,20). The first kappa shape index (κ1) is 19.5. The van der Waals surface area contributed by atoms with E-state index in [-0.39, 0.29) is 22.2 Å². The van der Waals surface area contributed by atoms with Crippen LogP contribution in [-0.2, 0) is 17.1 Å². The monoisotopic (exact) mass is 406 g/mol. The average molecular weight is 406 g/mol. The largest absolute Gasteiger partial charge is 0.511 e. The van der Waals surface area contributed by atoms with Crippen LogP contribution in [0.15, 0.2) is 15.1 Å². The number of aryl methyl sites for hydroxylation is 1. The molecule has 0 fully saturated rings. The lowest BCUT2D eigenvalue weighted by molar-refractivity contribution is 0.143. The Morgan fingerprint density at radius 1 is 1.42 bits per heavy atom. The smallest absolute Gasteiger partial charge is 0.464 e. The number of hydrogen-bond donors (Lipinski definition) is 2. The summed E-state index contributed by atoms with van der Waals surface area (Å²) in [7, 11) is -3.24. The molecule has 142 valence electrons. The summed E-state index contributed by atoms with van der Waals surface area (Å²) in [5, 5.41) is 13.4. The fraction of sp³-hybridized carbons (Fsp3) is 0.333. The molecule has 0 spiro atoms. The first-order chi connectivity index (χ1) is 12.1. The summed E-state index contributed by atoms with van der Waals surface area (Å²) in [6, 6.07) is -1.53. The minimum Gasteiger partial charge on any atom is -0.464 e. The number of nitrogens with zero attached hydrogens (tertiary/aromatic N) is 3. The second kappa shape index (κ2) is 7.17. The van der Waals surface area contributed by atoms with Gasteiger partial charge in [0, 0.05) is 17.3 Å². The zero-order chi connectivity index (χ0) is 19.6. The van der Waals surface area contributed by atoms with E-state index in [9.17, 15) is 22.8 Å². The van der Waals surface area contributed by atoms with Crippen LogP contribution in [0.4, 0.5) is 9.59 Å². The molecule has 0 aromatic carbocycles. The highest BCUT2D eigenvalue weighted by Crippen LogP contribution is 2.33. The minimum atomic E-state index is -4.53. The number of hydrogen-bond acceptors (Lipinski definition) is 9. The first-order valence-electron chi connectivity index (χ1n) is 6.93. The molecule has 0 saturated heterocycles. The highest BCUT2D eigenvalue weighted by Gasteiger charge is 2.29. The van der Waals surface area contributed by atoms with Crippen molar-refractivity contribution in [2.24, 2.45) is 7.05 Å². The van der Waals surface area contributed by atoms with E-state index in [1.54, 1.807) is 11.6 Å². The quantitative estimate of drug-likeness (QED) is 0.668. The molecule has 0 aliphatic rings. The van der Waals surface area contributed by atoms with E-state index in [1.165, 1.54) is 19.4 Å². The van der Waals surface area contributed by atoms with Gasteiger partial charge in [-0.15, -0.1) is 21.1 Å². The second-order valence-corrected chi connectivity index (χ2v) is 7.44. The second-order valence-electron chi connectivity index (χ2n) is 4.73. The summed E-state index contributed by atoms with van der Waals surface area (Å²) >= 11 is 0.912. The molecule has 0 aliphatic heterocycles. The molecule has 1 amide bonds. The van der Waals surface area contributed by atoms with Gasteiger partial charge in [0.2, 0.25) is 0 Å². The number of nitrogens with one attached hydrogen (secondary N) is 1. The van der Waals surface area contributed by atoms with Crippen molar-refractivity contribution >= 4 is 33.5 Å². The third-order valence-electron chi connectivity index (χ3n) is 2.98. The zero-order valence-corrected chi connectivity index (χ0v) is 15.4. The van der Waals surface area contributed by atoms with E-state index in [2.05, 4.69) is 9.84 Å². The van der Waals surface area contributed by atoms with Gasteiger partial charge in [-0.25, -0.2) is 32.1 Å². The van der Waals surface area contributed by atoms with Crippen LogP contribution in [0.3, 0.4) is 0 Å². The van der Waals surface area contributed by atoms with Gasteiger partial charge in [0.05, 0.1) is 6.61 Å². The maximum atomic E-state index is 12.4. The molecule has 0 aliphatic carbocycles. The van der Waals surface area contributed by atoms with E-state index < -0.39 is 38.5 Å². The highest BCUT2D eigenvalue weighted by atomic mass is 32.2. The summed E-state index contributed by atoms with van der Waals surface area (Å²) < 4.78 is 37.2. The molecule has 0 atom stereocenters. The molecule has 2 aromatic heterocycles. The maximum Gasteiger partial charge on any atom is 0.511 e. The SMILES string of the molecule is CCOc1nn(C(=O)NS(=O)(=O)c2c(OC(=O)O)csc2C)c(=O)n1C. The Morgan fingerprint density at radius 2 is 2.08 bits per heavy atom. The predicted molar refractivity (Wildman–Crippen MR) is 87.5 cm³/mol. The van der Waals surface area contributed by atoms with Crippen LogP contribution < -0.4 is 19.9 Å². The van der Waals surface area contributed by atoms with Gasteiger partial charge in [0.15, 0.2) is 5.75 Å². The van der Waals surface area contributed by atoms with E-state index >= 15 is 0 Å². The van der Waals surface area contributed by atoms with Crippen molar-refractivity contribution in [3.05, 3.63) is 20.7 Å². The topological polar surface area (TPSA) is 159 Å². The lowest BCUT2D eigenvalue weighted by Gasteiger charge is -2.07. The molecular weight excluding hydrogens is 392 g/mol. The van der Waals surface area contributed by atoms with Crippen LogP contribution in [0.25, 0.3) is 0 Å². The number of aromatic nitrogens is 3. The van der Waals surface area contributed by atoms with Crippen LogP contribution in [-0.4, -0.2) is 46.7 Å². The van der Waals surface area contributed by atoms with Gasteiger partial charge in [-0.1, -0.05) is 0 Å². The van der Waals surface area contributed by atoms with Crippen molar-refractivity contribution in [2.45, 2.75) is 18.7 Å². The number of carboxylic acid groups (broad SMARTS) is 1. The Bertz CT molecular complexity index is 1020. The zero-order valence-electron chi connectivity index (χ0n) is 13.7. The van der Waals surface area contributed by atoms with Crippen molar-refractivity contribution in [3.8, 4) is 11.8 Å². The summed E-state index contributed by atoms with van der Waals surface area (Å²) in [6.07, 6.45) is -1.71. The predicted octanol–water partition coefficient (Wildman–Crippen LogP) is 0.354. The number of sulfonamides is 1. The lowest BCUT2D eigenvalue weighted by Crippen LogP contribution is -2.40. The molecule has 2 aromatic rings. The lowest BCUT2D eigenvalue weighted by atomic mass is 10.5. The molecule has 2 N–H and O–H groups in total. The normalized spacial score (nSPS) is 11.2. The van der Waals surface area contributed by atoms with Crippen molar-refractivity contribution < 1.29 is 32.6 Å². The summed E-state index contributed by atoms with van der Waals surface area (Å²) in [4.78, 5) is 34.5. The van der Waals surface area contributed by atoms with E-state index in [0.29, 0.717) is 0 Å². The number of ether oxygens (including phenoxy) is 2. The molecule has 2 rings (SSSR count). The molecular formula is C12H14N4O8S2. The van der Waals surface area contributed by atoms with Crippen LogP contribution in [0.1, 0.15) is 11.8 Å². The van der Waals surface area contributed by atoms with Crippen LogP contribution in [0.2, 0.25) is 0 Å². The van der Waals surface area contributed by atoms with Gasteiger partial charge < -0.3 is 14.6 Å². The molecule has 0 saturated carbocycles. The van der Waals surface area contributed by atoms with Crippen LogP contribution in [0, 0.1) is 6.92 Å². The van der Waals surface area contributed by atoms with Gasteiger partial charge in [0.25, 0.3) is 10.0 Å². The Hall–Kier alpha value is -2.87. The summed E-state index contributed by atoms with van der Waals surface area (Å²) in [5.74, 6) is -0.455. The summed E-state index contributed by atoms with van der Waals surface area (Å²) in [6.45, 7) is 3.21. The van der Waals surface area contributed by atoms with Gasteiger partial charge in [-0.05, 0) is 13.8 Å². The molecule has 0 bridgehead atoms. The minimum absolute atomic E-state index is 0.174. The fourth-order valence-electron chi connectivity index (χ4n) is 1.92. The first-order valence-corrected chi connectivity index (χ1v) is 9.29. The van der Waals surface area contributed by atoms with Crippen LogP contribution >= 0.6 is 11.3 Å². The highest BCUT2D eigenvalue weighted by molar-refractivity contribution is 7.90. The Balaban J connectivity index is 2.38. The molecule has 14 heteroatoms. The van der Waals surface area contributed by atoms with Crippen molar-refractivity contribution in [3.63, 3.8) is 0 Å². The van der Waals surface area contributed by atoms with Gasteiger partial charge in [0.1, 0.15) is 4.90 Å². The molecule has 26 heavy (non-hydrogen) atoms. The molecule has 0 radical (unpaired) electrons. The third kappa shape index (κ3) is 3.70. The van der Waals surface area contributed by atoms with Crippen molar-refractivity contribution in [2.75, 3.05) is 6.61 Å². The van der Waals surface area contributed by atoms with Crippen molar-refractivity contribution in [1.82, 2.24) is 19.1 Å². The number of carbonyl (C=O) groups is 2. The van der Waals surface area contributed by atoms with Gasteiger partial charge in [-0.2, -0.15) is 0 Å². The molecule has 2 heterocycles. The third-order valence-corrected chi connectivity index (χ3v) is 5.49. The van der Waals surface area contributed by atoms with Gasteiger partial charge >= 0.3 is 23.9 Å². The van der Waals surface area contributed by atoms with E-state index in [1.807, 2.05) is 0 Å². The van der Waals surface area contributed by atoms with E-state index in [4.69, 9.17) is 9.84 Å². The summed E-state index contributed by atoms with van der Waals surface area (Å²) in [5.41, 5.74) is -0.926. The van der Waals surface area contributed by atoms with Gasteiger partial charge in [-0.3, -0.25) is 0 Å². The Labute approximate surface area is 150 Å². The molecule has 12 nitrogen and oxygen atoms in total. The molecule has 0 unspecified atom stereocenters. The number of thiophene rings is 1. The maximum absolute atomic E-state index is 12.4. The Morgan fingerprint density at radius 3 is 2.65 bits per heavy atom. The number of carbonyl (C=O) groups excluding carboxylic acids is 1. The fourth-order valence-corrected chi connectivity index (χ4v) is 4.29.